The second-order valence-corrected chi connectivity index (χ2v) is 7.83. The lowest BCUT2D eigenvalue weighted by molar-refractivity contribution is 0.600. The van der Waals surface area contributed by atoms with E-state index in [0.29, 0.717) is 10.6 Å². The maximum absolute atomic E-state index is 12.6. The van der Waals surface area contributed by atoms with E-state index in [9.17, 15) is 8.42 Å². The Kier molecular flexibility index (Phi) is 4.44. The summed E-state index contributed by atoms with van der Waals surface area (Å²) >= 11 is 3.37. The second-order valence-electron chi connectivity index (χ2n) is 5.27. The van der Waals surface area contributed by atoms with Crippen LogP contribution in [0, 0.1) is 27.7 Å². The lowest BCUT2D eigenvalue weighted by Gasteiger charge is -2.14. The van der Waals surface area contributed by atoms with Crippen LogP contribution in [-0.2, 0) is 10.0 Å². The highest BCUT2D eigenvalue weighted by Crippen LogP contribution is 2.25. The molecule has 112 valence electrons. The highest BCUT2D eigenvalue weighted by molar-refractivity contribution is 9.10. The molecule has 0 bridgehead atoms. The minimum atomic E-state index is -3.58. The topological polar surface area (TPSA) is 46.2 Å². The minimum Gasteiger partial charge on any atom is -0.279 e. The van der Waals surface area contributed by atoms with E-state index in [1.165, 1.54) is 0 Å². The monoisotopic (exact) mass is 367 g/mol. The molecule has 0 aliphatic carbocycles. The van der Waals surface area contributed by atoms with Crippen LogP contribution in [0.25, 0.3) is 0 Å². The van der Waals surface area contributed by atoms with E-state index in [4.69, 9.17) is 0 Å². The molecule has 0 unspecified atom stereocenters. The summed E-state index contributed by atoms with van der Waals surface area (Å²) in [7, 11) is -3.58. The summed E-state index contributed by atoms with van der Waals surface area (Å²) in [5.41, 5.74) is 4.27. The molecule has 0 fully saturated rings. The number of rotatable bonds is 3. The highest BCUT2D eigenvalue weighted by Gasteiger charge is 2.18. The third-order valence-electron chi connectivity index (χ3n) is 3.51. The molecular weight excluding hydrogens is 350 g/mol. The Balaban J connectivity index is 2.46. The Morgan fingerprint density at radius 2 is 1.48 bits per heavy atom. The number of aryl methyl sites for hydroxylation is 4. The van der Waals surface area contributed by atoms with Gasteiger partial charge in [0.1, 0.15) is 0 Å². The van der Waals surface area contributed by atoms with Gasteiger partial charge >= 0.3 is 0 Å². The maximum Gasteiger partial charge on any atom is 0.262 e. The standard InChI is InChI=1S/C16H18BrNO2S/c1-10-7-13(4)16(9-11(10)2)21(19,20)18-15-6-5-14(17)8-12(15)3/h5-9,18H,1-4H3. The molecule has 21 heavy (non-hydrogen) atoms. The van der Waals surface area contributed by atoms with Crippen molar-refractivity contribution in [2.45, 2.75) is 32.6 Å². The van der Waals surface area contributed by atoms with Crippen LogP contribution < -0.4 is 4.72 Å². The minimum absolute atomic E-state index is 0.327. The van der Waals surface area contributed by atoms with Crippen molar-refractivity contribution < 1.29 is 8.42 Å². The molecule has 3 nitrogen and oxygen atoms in total. The summed E-state index contributed by atoms with van der Waals surface area (Å²) in [4.78, 5) is 0.327. The van der Waals surface area contributed by atoms with Gasteiger partial charge in [-0.25, -0.2) is 8.42 Å². The molecule has 0 aromatic heterocycles. The molecule has 0 aliphatic heterocycles. The van der Waals surface area contributed by atoms with Crippen molar-refractivity contribution in [1.82, 2.24) is 0 Å². The largest absolute Gasteiger partial charge is 0.279 e. The molecule has 1 N–H and O–H groups in total. The van der Waals surface area contributed by atoms with E-state index in [0.717, 1.165) is 26.7 Å². The van der Waals surface area contributed by atoms with Gasteiger partial charge in [0.25, 0.3) is 10.0 Å². The molecule has 0 atom stereocenters. The highest BCUT2D eigenvalue weighted by atomic mass is 79.9. The van der Waals surface area contributed by atoms with Crippen LogP contribution in [0.15, 0.2) is 39.7 Å². The van der Waals surface area contributed by atoms with E-state index < -0.39 is 10.0 Å². The van der Waals surface area contributed by atoms with Crippen molar-refractivity contribution in [3.8, 4) is 0 Å². The molecule has 0 saturated carbocycles. The van der Waals surface area contributed by atoms with Crippen molar-refractivity contribution in [2.24, 2.45) is 0 Å². The molecule has 5 heteroatoms. The Labute approximate surface area is 134 Å². The molecule has 0 aliphatic rings. The number of nitrogens with one attached hydrogen (secondary N) is 1. The summed E-state index contributed by atoms with van der Waals surface area (Å²) in [5, 5.41) is 0. The molecule has 0 heterocycles. The van der Waals surface area contributed by atoms with Crippen LogP contribution in [0.5, 0.6) is 0 Å². The predicted molar refractivity (Wildman–Crippen MR) is 90.3 cm³/mol. The van der Waals surface area contributed by atoms with Gasteiger partial charge in [-0.1, -0.05) is 22.0 Å². The van der Waals surface area contributed by atoms with Crippen LogP contribution in [0.4, 0.5) is 5.69 Å². The predicted octanol–water partition coefficient (Wildman–Crippen LogP) is 4.48. The van der Waals surface area contributed by atoms with Gasteiger partial charge in [0.15, 0.2) is 0 Å². The number of halogens is 1. The molecular formula is C16H18BrNO2S. The van der Waals surface area contributed by atoms with Gasteiger partial charge < -0.3 is 0 Å². The first-order valence-corrected chi connectivity index (χ1v) is 8.85. The van der Waals surface area contributed by atoms with E-state index in [1.54, 1.807) is 12.1 Å². The number of benzene rings is 2. The quantitative estimate of drug-likeness (QED) is 0.868. The van der Waals surface area contributed by atoms with E-state index in [1.807, 2.05) is 45.9 Å². The number of hydrogen-bond acceptors (Lipinski definition) is 2. The van der Waals surface area contributed by atoms with Crippen molar-refractivity contribution in [3.05, 3.63) is 57.1 Å². The van der Waals surface area contributed by atoms with Crippen LogP contribution in [0.2, 0.25) is 0 Å². The summed E-state index contributed by atoms with van der Waals surface area (Å²) in [6.07, 6.45) is 0. The van der Waals surface area contributed by atoms with E-state index in [-0.39, 0.29) is 0 Å². The summed E-state index contributed by atoms with van der Waals surface area (Å²) < 4.78 is 28.8. The lowest BCUT2D eigenvalue weighted by atomic mass is 10.1. The number of sulfonamides is 1. The fourth-order valence-corrected chi connectivity index (χ4v) is 4.08. The Bertz CT molecular complexity index is 798. The zero-order valence-electron chi connectivity index (χ0n) is 12.5. The second kappa shape index (κ2) is 5.81. The van der Waals surface area contributed by atoms with Gasteiger partial charge in [-0.2, -0.15) is 0 Å². The van der Waals surface area contributed by atoms with Crippen molar-refractivity contribution in [1.29, 1.82) is 0 Å². The van der Waals surface area contributed by atoms with Crippen molar-refractivity contribution >= 4 is 31.6 Å². The zero-order chi connectivity index (χ0) is 15.8. The number of anilines is 1. The third kappa shape index (κ3) is 3.47. The van der Waals surface area contributed by atoms with Gasteiger partial charge in [0.2, 0.25) is 0 Å². The van der Waals surface area contributed by atoms with Crippen LogP contribution in [0.1, 0.15) is 22.3 Å². The molecule has 2 rings (SSSR count). The first-order chi connectivity index (χ1) is 9.70. The fourth-order valence-electron chi connectivity index (χ4n) is 2.16. The molecule has 0 amide bonds. The van der Waals surface area contributed by atoms with Gasteiger partial charge in [-0.05, 0) is 74.2 Å². The van der Waals surface area contributed by atoms with Crippen LogP contribution in [0.3, 0.4) is 0 Å². The Morgan fingerprint density at radius 3 is 2.10 bits per heavy atom. The Morgan fingerprint density at radius 1 is 0.857 bits per heavy atom. The van der Waals surface area contributed by atoms with Gasteiger partial charge in [-0.15, -0.1) is 0 Å². The first kappa shape index (κ1) is 16.0. The molecule has 0 radical (unpaired) electrons. The summed E-state index contributed by atoms with van der Waals surface area (Å²) in [6.45, 7) is 7.58. The van der Waals surface area contributed by atoms with Gasteiger partial charge in [0, 0.05) is 4.47 Å². The summed E-state index contributed by atoms with van der Waals surface area (Å²) in [6, 6.07) is 9.08. The molecule has 0 saturated heterocycles. The van der Waals surface area contributed by atoms with Crippen molar-refractivity contribution in [3.63, 3.8) is 0 Å². The normalized spacial score (nSPS) is 11.5. The average Bonchev–Trinajstić information content (AvgIpc) is 2.37. The van der Waals surface area contributed by atoms with E-state index >= 15 is 0 Å². The number of hydrogen-bond donors (Lipinski definition) is 1. The Hall–Kier alpha value is -1.33. The summed E-state index contributed by atoms with van der Waals surface area (Å²) in [5.74, 6) is 0. The SMILES string of the molecule is Cc1cc(C)c(S(=O)(=O)Nc2ccc(Br)cc2C)cc1C. The van der Waals surface area contributed by atoms with Gasteiger partial charge in [0.05, 0.1) is 10.6 Å². The van der Waals surface area contributed by atoms with Crippen LogP contribution >= 0.6 is 15.9 Å². The zero-order valence-corrected chi connectivity index (χ0v) is 14.9. The smallest absolute Gasteiger partial charge is 0.262 e. The molecule has 2 aromatic carbocycles. The third-order valence-corrected chi connectivity index (χ3v) is 5.51. The average molecular weight is 368 g/mol. The van der Waals surface area contributed by atoms with Crippen molar-refractivity contribution in [2.75, 3.05) is 4.72 Å². The molecule has 2 aromatic rings. The van der Waals surface area contributed by atoms with Gasteiger partial charge in [-0.3, -0.25) is 4.72 Å². The maximum atomic E-state index is 12.6. The van der Waals surface area contributed by atoms with E-state index in [2.05, 4.69) is 20.7 Å². The fraction of sp³-hybridized carbons (Fsp3) is 0.250. The first-order valence-electron chi connectivity index (χ1n) is 6.57. The lowest BCUT2D eigenvalue weighted by Crippen LogP contribution is -2.15. The molecule has 0 spiro atoms. The van der Waals surface area contributed by atoms with Crippen LogP contribution in [-0.4, -0.2) is 8.42 Å².